The number of aliphatic hydroxyl groups excluding tert-OH is 1. The second-order valence-corrected chi connectivity index (χ2v) is 14.6. The molecule has 0 aromatic carbocycles. The van der Waals surface area contributed by atoms with E-state index in [1.54, 1.807) is 0 Å². The van der Waals surface area contributed by atoms with Crippen LogP contribution in [0.4, 0.5) is 0 Å². The van der Waals surface area contributed by atoms with Crippen molar-refractivity contribution in [2.45, 2.75) is 154 Å². The molecule has 3 atom stereocenters. The summed E-state index contributed by atoms with van der Waals surface area (Å²) in [5.74, 6) is -0.183. The van der Waals surface area contributed by atoms with E-state index in [9.17, 15) is 19.4 Å². The average Bonchev–Trinajstić information content (AvgIpc) is 2.95. The van der Waals surface area contributed by atoms with Gasteiger partial charge in [-0.1, -0.05) is 115 Å². The maximum atomic E-state index is 12.6. The molecular formula is C35H69N2O6P. The highest BCUT2D eigenvalue weighted by Gasteiger charge is 2.24. The molecule has 0 bridgehead atoms. The Hall–Kier alpha value is -1.02. The number of aliphatic hydroxyl groups is 1. The molecule has 0 aliphatic carbocycles. The molecule has 0 saturated heterocycles. The molecule has 0 radical (unpaired) electrons. The van der Waals surface area contributed by atoms with Crippen molar-refractivity contribution >= 4 is 13.7 Å². The zero-order chi connectivity index (χ0) is 32.9. The molecule has 3 unspecified atom stereocenters. The SMILES string of the molecule is CCCCC/C=C\C/C=C\CCCCCCCCCCCC(=O)NC(COP(=O)([O-])OCC[N+](C)(C)C)C(O)CCCCC. The summed E-state index contributed by atoms with van der Waals surface area (Å²) in [5.41, 5.74) is 0. The zero-order valence-electron chi connectivity index (χ0n) is 29.1. The van der Waals surface area contributed by atoms with Crippen LogP contribution in [0, 0.1) is 0 Å². The van der Waals surface area contributed by atoms with E-state index in [2.05, 4.69) is 43.5 Å². The summed E-state index contributed by atoms with van der Waals surface area (Å²) in [6.07, 6.45) is 29.7. The van der Waals surface area contributed by atoms with Crippen LogP contribution in [-0.2, 0) is 18.4 Å². The number of likely N-dealkylation sites (N-methyl/N-ethyl adjacent to an activating group) is 1. The van der Waals surface area contributed by atoms with Crippen LogP contribution in [-0.4, -0.2) is 68.5 Å². The van der Waals surface area contributed by atoms with Crippen LogP contribution in [0.25, 0.3) is 0 Å². The average molecular weight is 645 g/mol. The lowest BCUT2D eigenvalue weighted by Gasteiger charge is -2.30. The summed E-state index contributed by atoms with van der Waals surface area (Å²) in [4.78, 5) is 24.8. The number of carbonyl (C=O) groups excluding carboxylic acids is 1. The topological polar surface area (TPSA) is 108 Å². The highest BCUT2D eigenvalue weighted by molar-refractivity contribution is 7.45. The number of phosphoric acid groups is 1. The van der Waals surface area contributed by atoms with E-state index in [1.807, 2.05) is 21.1 Å². The summed E-state index contributed by atoms with van der Waals surface area (Å²) in [6.45, 7) is 4.49. The van der Waals surface area contributed by atoms with Gasteiger partial charge >= 0.3 is 0 Å². The Kier molecular flexibility index (Phi) is 27.6. The normalized spacial score (nSPS) is 15.2. The van der Waals surface area contributed by atoms with Gasteiger partial charge < -0.3 is 28.8 Å². The van der Waals surface area contributed by atoms with Gasteiger partial charge in [0.1, 0.15) is 13.2 Å². The second-order valence-electron chi connectivity index (χ2n) is 13.2. The van der Waals surface area contributed by atoms with Crippen LogP contribution in [0.2, 0.25) is 0 Å². The Labute approximate surface area is 271 Å². The largest absolute Gasteiger partial charge is 0.756 e. The molecule has 0 aromatic heterocycles. The number of nitrogens with one attached hydrogen (secondary N) is 1. The van der Waals surface area contributed by atoms with Crippen molar-refractivity contribution in [3.8, 4) is 0 Å². The van der Waals surface area contributed by atoms with Crippen molar-refractivity contribution in [3.05, 3.63) is 24.3 Å². The van der Waals surface area contributed by atoms with Gasteiger partial charge in [0.05, 0.1) is 39.9 Å². The fourth-order valence-corrected chi connectivity index (χ4v) is 5.49. The first-order valence-electron chi connectivity index (χ1n) is 17.7. The van der Waals surface area contributed by atoms with Gasteiger partial charge in [0.25, 0.3) is 7.82 Å². The van der Waals surface area contributed by atoms with Crippen molar-refractivity contribution < 1.29 is 32.9 Å². The summed E-state index contributed by atoms with van der Waals surface area (Å²) < 4.78 is 22.8. The van der Waals surface area contributed by atoms with Crippen molar-refractivity contribution in [1.29, 1.82) is 0 Å². The first kappa shape index (κ1) is 43.0. The number of phosphoric ester groups is 1. The molecule has 8 nitrogen and oxygen atoms in total. The van der Waals surface area contributed by atoms with Gasteiger partial charge in [-0.25, -0.2) is 0 Å². The number of allylic oxidation sites excluding steroid dienone is 4. The fourth-order valence-electron chi connectivity index (χ4n) is 4.77. The van der Waals surface area contributed by atoms with Crippen LogP contribution in [0.1, 0.15) is 142 Å². The van der Waals surface area contributed by atoms with Crippen molar-refractivity contribution in [2.24, 2.45) is 0 Å². The molecule has 0 spiro atoms. The fraction of sp³-hybridized carbons (Fsp3) is 0.857. The quantitative estimate of drug-likeness (QED) is 0.0343. The van der Waals surface area contributed by atoms with Gasteiger partial charge in [0.2, 0.25) is 5.91 Å². The number of quaternary nitrogens is 1. The van der Waals surface area contributed by atoms with Crippen LogP contribution >= 0.6 is 7.82 Å². The highest BCUT2D eigenvalue weighted by Crippen LogP contribution is 2.38. The first-order chi connectivity index (χ1) is 21.0. The summed E-state index contributed by atoms with van der Waals surface area (Å²) in [6, 6.07) is -0.795. The van der Waals surface area contributed by atoms with Crippen LogP contribution in [0.5, 0.6) is 0 Å². The Bertz CT molecular complexity index is 784. The predicted octanol–water partition coefficient (Wildman–Crippen LogP) is 7.99. The standard InChI is InChI=1S/C35H69N2O6P/c1-6-8-10-11-12-13-14-15-16-17-18-19-20-21-22-23-24-25-27-29-35(39)36-33(34(38)28-26-9-7-2)32-43-44(40,41)42-31-30-37(3,4)5/h12-13,15-16,33-34,38H,6-11,14,17-32H2,1-5H3,(H-,36,39,40,41)/b13-12-,16-15-. The Morgan fingerprint density at radius 3 is 1.89 bits per heavy atom. The van der Waals surface area contributed by atoms with Gasteiger partial charge in [0, 0.05) is 6.42 Å². The molecule has 0 aliphatic heterocycles. The number of amides is 1. The van der Waals surface area contributed by atoms with Crippen LogP contribution in [0.3, 0.4) is 0 Å². The number of hydrogen-bond acceptors (Lipinski definition) is 6. The molecule has 0 heterocycles. The van der Waals surface area contributed by atoms with E-state index in [0.29, 0.717) is 23.9 Å². The van der Waals surface area contributed by atoms with Gasteiger partial charge in [-0.15, -0.1) is 0 Å². The number of carbonyl (C=O) groups is 1. The minimum Gasteiger partial charge on any atom is -0.756 e. The van der Waals surface area contributed by atoms with Crippen molar-refractivity contribution in [2.75, 3.05) is 40.9 Å². The van der Waals surface area contributed by atoms with Crippen LogP contribution in [0.15, 0.2) is 24.3 Å². The Morgan fingerprint density at radius 2 is 1.32 bits per heavy atom. The third-order valence-corrected chi connectivity index (χ3v) is 8.66. The molecule has 0 rings (SSSR count). The lowest BCUT2D eigenvalue weighted by Crippen LogP contribution is -2.46. The summed E-state index contributed by atoms with van der Waals surface area (Å²) >= 11 is 0. The monoisotopic (exact) mass is 644 g/mol. The smallest absolute Gasteiger partial charge is 0.268 e. The third-order valence-electron chi connectivity index (χ3n) is 7.69. The number of rotatable bonds is 31. The summed E-state index contributed by atoms with van der Waals surface area (Å²) in [5, 5.41) is 13.5. The molecule has 0 saturated carbocycles. The highest BCUT2D eigenvalue weighted by atomic mass is 31.2. The van der Waals surface area contributed by atoms with Gasteiger partial charge in [-0.3, -0.25) is 9.36 Å². The number of unbranched alkanes of at least 4 members (excludes halogenated alkanes) is 14. The molecule has 44 heavy (non-hydrogen) atoms. The van der Waals surface area contributed by atoms with E-state index in [4.69, 9.17) is 9.05 Å². The third kappa shape index (κ3) is 29.7. The molecule has 2 N–H and O–H groups in total. The lowest BCUT2D eigenvalue weighted by molar-refractivity contribution is -0.870. The van der Waals surface area contributed by atoms with Crippen LogP contribution < -0.4 is 10.2 Å². The lowest BCUT2D eigenvalue weighted by atomic mass is 10.0. The molecular weight excluding hydrogens is 575 g/mol. The molecule has 0 aliphatic rings. The minimum atomic E-state index is -4.53. The number of nitrogens with zero attached hydrogens (tertiary/aromatic N) is 1. The predicted molar refractivity (Wildman–Crippen MR) is 182 cm³/mol. The Morgan fingerprint density at radius 1 is 0.795 bits per heavy atom. The molecule has 0 aromatic rings. The molecule has 1 amide bonds. The van der Waals surface area contributed by atoms with E-state index in [-0.39, 0.29) is 19.1 Å². The van der Waals surface area contributed by atoms with Gasteiger partial charge in [-0.05, 0) is 44.9 Å². The Balaban J connectivity index is 4.10. The van der Waals surface area contributed by atoms with E-state index in [1.165, 1.54) is 70.6 Å². The molecule has 9 heteroatoms. The van der Waals surface area contributed by atoms with E-state index in [0.717, 1.165) is 44.9 Å². The minimum absolute atomic E-state index is 0.00945. The second kappa shape index (κ2) is 28.2. The van der Waals surface area contributed by atoms with Gasteiger partial charge in [0.15, 0.2) is 0 Å². The molecule has 260 valence electrons. The van der Waals surface area contributed by atoms with Gasteiger partial charge in [-0.2, -0.15) is 0 Å². The number of hydrogen-bond donors (Lipinski definition) is 2. The first-order valence-corrected chi connectivity index (χ1v) is 19.1. The van der Waals surface area contributed by atoms with Crippen molar-refractivity contribution in [3.63, 3.8) is 0 Å². The van der Waals surface area contributed by atoms with Crippen molar-refractivity contribution in [1.82, 2.24) is 5.32 Å². The summed E-state index contributed by atoms with van der Waals surface area (Å²) in [7, 11) is 1.29. The maximum Gasteiger partial charge on any atom is 0.268 e. The maximum absolute atomic E-state index is 12.6. The van der Waals surface area contributed by atoms with E-state index < -0.39 is 20.0 Å². The molecule has 0 fully saturated rings. The van der Waals surface area contributed by atoms with E-state index >= 15 is 0 Å². The zero-order valence-corrected chi connectivity index (χ0v) is 30.0.